The number of hydrogen-bond acceptors (Lipinski definition) is 5. The number of aryl methyl sites for hydroxylation is 1. The smallest absolute Gasteiger partial charge is 0.265 e. The molecule has 0 unspecified atom stereocenters. The summed E-state index contributed by atoms with van der Waals surface area (Å²) in [6, 6.07) is 0. The second-order valence-corrected chi connectivity index (χ2v) is 3.95. The van der Waals surface area contributed by atoms with Crippen molar-refractivity contribution in [1.29, 1.82) is 0 Å². The van der Waals surface area contributed by atoms with E-state index in [0.717, 1.165) is 0 Å². The molecule has 0 bridgehead atoms. The number of aliphatic hydroxyl groups excluding tert-OH is 1. The molecule has 0 aliphatic carbocycles. The van der Waals surface area contributed by atoms with Gasteiger partial charge in [-0.25, -0.2) is 4.98 Å². The van der Waals surface area contributed by atoms with Gasteiger partial charge in [0.05, 0.1) is 12.3 Å². The van der Waals surface area contributed by atoms with Gasteiger partial charge in [-0.1, -0.05) is 11.3 Å². The van der Waals surface area contributed by atoms with Crippen LogP contribution in [-0.4, -0.2) is 41.1 Å². The third-order valence-electron chi connectivity index (χ3n) is 1.79. The monoisotopic (exact) mass is 215 g/mol. The van der Waals surface area contributed by atoms with E-state index < -0.39 is 0 Å². The molecule has 0 aromatic carbocycles. The van der Waals surface area contributed by atoms with Crippen LogP contribution in [-0.2, 0) is 0 Å². The first kappa shape index (κ1) is 10.9. The fraction of sp³-hybridized carbons (Fsp3) is 0.500. The topological polar surface area (TPSA) is 79.5 Å². The van der Waals surface area contributed by atoms with E-state index in [1.54, 1.807) is 14.0 Å². The fourth-order valence-corrected chi connectivity index (χ4v) is 1.87. The van der Waals surface area contributed by atoms with E-state index in [2.05, 4.69) is 4.98 Å². The molecule has 1 aromatic heterocycles. The Morgan fingerprint density at radius 2 is 2.36 bits per heavy atom. The summed E-state index contributed by atoms with van der Waals surface area (Å²) >= 11 is 1.17. The number of anilines is 1. The molecule has 0 radical (unpaired) electrons. The molecule has 0 spiro atoms. The van der Waals surface area contributed by atoms with Crippen LogP contribution in [0.5, 0.6) is 0 Å². The molecule has 0 fully saturated rings. The molecule has 5 nitrogen and oxygen atoms in total. The highest BCUT2D eigenvalue weighted by Crippen LogP contribution is 2.20. The highest BCUT2D eigenvalue weighted by Gasteiger charge is 2.17. The number of nitrogen functional groups attached to an aromatic ring is 1. The summed E-state index contributed by atoms with van der Waals surface area (Å²) in [6.07, 6.45) is 0. The predicted molar refractivity (Wildman–Crippen MR) is 55.3 cm³/mol. The quantitative estimate of drug-likeness (QED) is 0.749. The highest BCUT2D eigenvalue weighted by atomic mass is 32.1. The number of rotatable bonds is 3. The molecule has 14 heavy (non-hydrogen) atoms. The molecule has 0 atom stereocenters. The van der Waals surface area contributed by atoms with Crippen molar-refractivity contribution in [3.05, 3.63) is 10.6 Å². The van der Waals surface area contributed by atoms with E-state index in [1.165, 1.54) is 16.2 Å². The van der Waals surface area contributed by atoms with Gasteiger partial charge in [-0.2, -0.15) is 0 Å². The maximum Gasteiger partial charge on any atom is 0.265 e. The van der Waals surface area contributed by atoms with Crippen molar-refractivity contribution in [2.45, 2.75) is 6.92 Å². The number of aliphatic hydroxyl groups is 1. The first-order valence-corrected chi connectivity index (χ1v) is 4.97. The Balaban J connectivity index is 2.83. The van der Waals surface area contributed by atoms with E-state index in [4.69, 9.17) is 10.8 Å². The van der Waals surface area contributed by atoms with Gasteiger partial charge >= 0.3 is 0 Å². The van der Waals surface area contributed by atoms with Gasteiger partial charge in [0.1, 0.15) is 4.88 Å². The Morgan fingerprint density at radius 3 is 2.79 bits per heavy atom. The van der Waals surface area contributed by atoms with Gasteiger partial charge in [-0.15, -0.1) is 0 Å². The van der Waals surface area contributed by atoms with Gasteiger partial charge in [0.2, 0.25) is 0 Å². The Kier molecular flexibility index (Phi) is 3.43. The van der Waals surface area contributed by atoms with E-state index >= 15 is 0 Å². The molecular formula is C8H13N3O2S. The molecule has 3 N–H and O–H groups in total. The molecule has 1 heterocycles. The zero-order valence-electron chi connectivity index (χ0n) is 8.15. The van der Waals surface area contributed by atoms with Crippen LogP contribution in [0.4, 0.5) is 5.13 Å². The average molecular weight is 215 g/mol. The molecule has 0 aliphatic rings. The SMILES string of the molecule is Cc1nc(N)sc1C(=O)N(C)CCO. The predicted octanol–water partition coefficient (Wildman–Crippen LogP) is 0.0980. The van der Waals surface area contributed by atoms with E-state index in [0.29, 0.717) is 22.2 Å². The van der Waals surface area contributed by atoms with Crippen molar-refractivity contribution in [2.75, 3.05) is 25.9 Å². The molecule has 0 saturated heterocycles. The Bertz CT molecular complexity index is 337. The minimum Gasteiger partial charge on any atom is -0.395 e. The normalized spacial score (nSPS) is 10.2. The van der Waals surface area contributed by atoms with Crippen LogP contribution in [0.1, 0.15) is 15.4 Å². The molecule has 0 saturated carbocycles. The first-order valence-electron chi connectivity index (χ1n) is 4.15. The van der Waals surface area contributed by atoms with Crippen molar-refractivity contribution in [2.24, 2.45) is 0 Å². The van der Waals surface area contributed by atoms with Crippen molar-refractivity contribution >= 4 is 22.4 Å². The van der Waals surface area contributed by atoms with Gasteiger partial charge < -0.3 is 15.7 Å². The summed E-state index contributed by atoms with van der Waals surface area (Å²) < 4.78 is 0. The summed E-state index contributed by atoms with van der Waals surface area (Å²) in [6.45, 7) is 2.01. The summed E-state index contributed by atoms with van der Waals surface area (Å²) in [5, 5.41) is 9.07. The molecule has 0 aliphatic heterocycles. The number of carbonyl (C=O) groups excluding carboxylic acids is 1. The standard InChI is InChI=1S/C8H13N3O2S/c1-5-6(14-8(9)10-5)7(13)11(2)3-4-12/h12H,3-4H2,1-2H3,(H2,9,10). The third-order valence-corrected chi connectivity index (χ3v) is 2.76. The summed E-state index contributed by atoms with van der Waals surface area (Å²) in [5.41, 5.74) is 6.12. The van der Waals surface area contributed by atoms with Gasteiger partial charge in [-0.05, 0) is 6.92 Å². The van der Waals surface area contributed by atoms with Gasteiger partial charge in [0.25, 0.3) is 5.91 Å². The van der Waals surface area contributed by atoms with Crippen LogP contribution in [0.15, 0.2) is 0 Å². The lowest BCUT2D eigenvalue weighted by Gasteiger charge is -2.14. The average Bonchev–Trinajstić information content (AvgIpc) is 2.44. The lowest BCUT2D eigenvalue weighted by Crippen LogP contribution is -2.29. The minimum atomic E-state index is -0.147. The second-order valence-electron chi connectivity index (χ2n) is 2.92. The number of nitrogens with zero attached hydrogens (tertiary/aromatic N) is 2. The van der Waals surface area contributed by atoms with Crippen LogP contribution in [0.3, 0.4) is 0 Å². The van der Waals surface area contributed by atoms with E-state index in [1.807, 2.05) is 0 Å². The van der Waals surface area contributed by atoms with Gasteiger partial charge in [0, 0.05) is 13.6 Å². The molecule has 78 valence electrons. The summed E-state index contributed by atoms with van der Waals surface area (Å²) in [4.78, 5) is 17.6. The molecule has 1 aromatic rings. The third kappa shape index (κ3) is 2.21. The van der Waals surface area contributed by atoms with Gasteiger partial charge in [0.15, 0.2) is 5.13 Å². The minimum absolute atomic E-state index is 0.0461. The number of likely N-dealkylation sites (N-methyl/N-ethyl adjacent to an activating group) is 1. The van der Waals surface area contributed by atoms with E-state index in [9.17, 15) is 4.79 Å². The number of aromatic nitrogens is 1. The number of carbonyl (C=O) groups is 1. The zero-order valence-corrected chi connectivity index (χ0v) is 8.97. The highest BCUT2D eigenvalue weighted by molar-refractivity contribution is 7.17. The van der Waals surface area contributed by atoms with Crippen LogP contribution < -0.4 is 5.73 Å². The lowest BCUT2D eigenvalue weighted by molar-refractivity contribution is 0.0771. The van der Waals surface area contributed by atoms with Crippen LogP contribution in [0.25, 0.3) is 0 Å². The van der Waals surface area contributed by atoms with Gasteiger partial charge in [-0.3, -0.25) is 4.79 Å². The van der Waals surface area contributed by atoms with Crippen LogP contribution >= 0.6 is 11.3 Å². The van der Waals surface area contributed by atoms with E-state index in [-0.39, 0.29) is 12.5 Å². The maximum absolute atomic E-state index is 11.7. The van der Waals surface area contributed by atoms with Crippen molar-refractivity contribution < 1.29 is 9.90 Å². The van der Waals surface area contributed by atoms with Crippen molar-refractivity contribution in [3.8, 4) is 0 Å². The molecule has 1 rings (SSSR count). The lowest BCUT2D eigenvalue weighted by atomic mass is 10.3. The second kappa shape index (κ2) is 4.39. The first-order chi connectivity index (χ1) is 6.56. The maximum atomic E-state index is 11.7. The summed E-state index contributed by atoms with van der Waals surface area (Å²) in [5.74, 6) is -0.147. The number of amides is 1. The number of hydrogen-bond donors (Lipinski definition) is 2. The Labute approximate surface area is 86.2 Å². The van der Waals surface area contributed by atoms with Crippen LogP contribution in [0, 0.1) is 6.92 Å². The van der Waals surface area contributed by atoms with Crippen molar-refractivity contribution in [1.82, 2.24) is 9.88 Å². The molecule has 1 amide bonds. The summed E-state index contributed by atoms with van der Waals surface area (Å²) in [7, 11) is 1.63. The fourth-order valence-electron chi connectivity index (χ4n) is 1.04. The zero-order chi connectivity index (χ0) is 10.7. The molecular weight excluding hydrogens is 202 g/mol. The Morgan fingerprint density at radius 1 is 1.71 bits per heavy atom. The molecule has 6 heteroatoms. The largest absolute Gasteiger partial charge is 0.395 e. The van der Waals surface area contributed by atoms with Crippen molar-refractivity contribution in [3.63, 3.8) is 0 Å². The van der Waals surface area contributed by atoms with Crippen LogP contribution in [0.2, 0.25) is 0 Å². The number of nitrogens with two attached hydrogens (primary N) is 1. The Hall–Kier alpha value is -1.14. The number of thiazole rings is 1.